The molecule has 0 unspecified atom stereocenters. The van der Waals surface area contributed by atoms with Crippen molar-refractivity contribution in [1.29, 1.82) is 0 Å². The summed E-state index contributed by atoms with van der Waals surface area (Å²) in [6, 6.07) is 0. The molecule has 1 aliphatic heterocycles. The van der Waals surface area contributed by atoms with Crippen LogP contribution in [0, 0.1) is 0 Å². The van der Waals surface area contributed by atoms with E-state index < -0.39 is 11.9 Å². The van der Waals surface area contributed by atoms with Gasteiger partial charge in [0.1, 0.15) is 17.6 Å². The summed E-state index contributed by atoms with van der Waals surface area (Å²) in [7, 11) is 0. The van der Waals surface area contributed by atoms with Gasteiger partial charge in [-0.1, -0.05) is 0 Å². The fraction of sp³-hybridized carbons (Fsp3) is 0.667. The van der Waals surface area contributed by atoms with Crippen molar-refractivity contribution in [3.05, 3.63) is 17.8 Å². The fourth-order valence-electron chi connectivity index (χ4n) is 1.72. The van der Waals surface area contributed by atoms with E-state index in [0.29, 0.717) is 19.0 Å². The van der Waals surface area contributed by atoms with Gasteiger partial charge in [0.15, 0.2) is 6.29 Å². The third-order valence-electron chi connectivity index (χ3n) is 2.69. The second-order valence-corrected chi connectivity index (χ2v) is 5.57. The van der Waals surface area contributed by atoms with Crippen LogP contribution in [0.4, 0.5) is 4.79 Å². The summed E-state index contributed by atoms with van der Waals surface area (Å²) >= 11 is 0. The van der Waals surface area contributed by atoms with Crippen molar-refractivity contribution in [2.45, 2.75) is 38.6 Å². The monoisotopic (exact) mass is 270 g/mol. The SMILES string of the molecule is CC(C)(C)OC(=O)N1CC(c2nc(C(O)O)co2)C1. The Labute approximate surface area is 110 Å². The smallest absolute Gasteiger partial charge is 0.410 e. The molecule has 1 aromatic rings. The lowest BCUT2D eigenvalue weighted by Gasteiger charge is -2.38. The lowest BCUT2D eigenvalue weighted by Crippen LogP contribution is -2.50. The minimum absolute atomic E-state index is 0.0278. The molecule has 19 heavy (non-hydrogen) atoms. The molecule has 0 aliphatic carbocycles. The summed E-state index contributed by atoms with van der Waals surface area (Å²) in [4.78, 5) is 17.2. The highest BCUT2D eigenvalue weighted by molar-refractivity contribution is 5.69. The number of carbonyl (C=O) groups is 1. The number of rotatable bonds is 2. The van der Waals surface area contributed by atoms with Crippen LogP contribution in [0.5, 0.6) is 0 Å². The molecule has 2 heterocycles. The van der Waals surface area contributed by atoms with E-state index in [9.17, 15) is 4.79 Å². The number of likely N-dealkylation sites (tertiary alicyclic amines) is 1. The fourth-order valence-corrected chi connectivity index (χ4v) is 1.72. The Kier molecular flexibility index (Phi) is 3.51. The summed E-state index contributed by atoms with van der Waals surface area (Å²) in [5.74, 6) is 0.378. The van der Waals surface area contributed by atoms with Crippen LogP contribution in [0.3, 0.4) is 0 Å². The number of aliphatic hydroxyl groups is 2. The van der Waals surface area contributed by atoms with Gasteiger partial charge in [-0.15, -0.1) is 0 Å². The third kappa shape index (κ3) is 3.24. The van der Waals surface area contributed by atoms with E-state index in [1.165, 1.54) is 6.26 Å². The molecule has 0 bridgehead atoms. The van der Waals surface area contributed by atoms with E-state index in [4.69, 9.17) is 19.4 Å². The van der Waals surface area contributed by atoms with Crippen LogP contribution in [-0.4, -0.2) is 44.9 Å². The van der Waals surface area contributed by atoms with Crippen LogP contribution in [-0.2, 0) is 4.74 Å². The highest BCUT2D eigenvalue weighted by Crippen LogP contribution is 2.28. The summed E-state index contributed by atoms with van der Waals surface area (Å²) in [6.45, 7) is 6.34. The summed E-state index contributed by atoms with van der Waals surface area (Å²) in [5, 5.41) is 17.9. The van der Waals surface area contributed by atoms with Crippen molar-refractivity contribution in [3.8, 4) is 0 Å². The number of hydrogen-bond donors (Lipinski definition) is 2. The summed E-state index contributed by atoms with van der Waals surface area (Å²) < 4.78 is 10.4. The summed E-state index contributed by atoms with van der Waals surface area (Å²) in [5.41, 5.74) is -0.440. The van der Waals surface area contributed by atoms with Gasteiger partial charge in [-0.25, -0.2) is 9.78 Å². The average molecular weight is 270 g/mol. The van der Waals surface area contributed by atoms with Crippen LogP contribution in [0.25, 0.3) is 0 Å². The quantitative estimate of drug-likeness (QED) is 0.778. The van der Waals surface area contributed by atoms with E-state index >= 15 is 0 Å². The molecule has 0 aromatic carbocycles. The predicted octanol–water partition coefficient (Wildman–Crippen LogP) is 0.992. The number of oxazole rings is 1. The van der Waals surface area contributed by atoms with Crippen LogP contribution < -0.4 is 0 Å². The maximum absolute atomic E-state index is 11.7. The van der Waals surface area contributed by atoms with Crippen molar-refractivity contribution in [1.82, 2.24) is 9.88 Å². The third-order valence-corrected chi connectivity index (χ3v) is 2.69. The number of aromatic nitrogens is 1. The van der Waals surface area contributed by atoms with Crippen molar-refractivity contribution in [3.63, 3.8) is 0 Å². The first kappa shape index (κ1) is 13.8. The topological polar surface area (TPSA) is 96.0 Å². The number of carbonyl (C=O) groups excluding carboxylic acids is 1. The maximum Gasteiger partial charge on any atom is 0.410 e. The lowest BCUT2D eigenvalue weighted by molar-refractivity contribution is -0.0459. The van der Waals surface area contributed by atoms with Crippen LogP contribution >= 0.6 is 0 Å². The molecule has 7 nitrogen and oxygen atoms in total. The molecule has 2 N–H and O–H groups in total. The van der Waals surface area contributed by atoms with Gasteiger partial charge in [0, 0.05) is 13.1 Å². The van der Waals surface area contributed by atoms with Crippen molar-refractivity contribution >= 4 is 6.09 Å². The van der Waals surface area contributed by atoms with Crippen molar-refractivity contribution in [2.24, 2.45) is 0 Å². The zero-order chi connectivity index (χ0) is 14.2. The molecule has 0 atom stereocenters. The van der Waals surface area contributed by atoms with Gasteiger partial charge in [-0.3, -0.25) is 0 Å². The molecule has 1 aliphatic rings. The molecule has 1 saturated heterocycles. The molecule has 0 saturated carbocycles. The predicted molar refractivity (Wildman–Crippen MR) is 64.2 cm³/mol. The van der Waals surface area contributed by atoms with E-state index in [1.807, 2.05) is 20.8 Å². The minimum atomic E-state index is -1.64. The zero-order valence-corrected chi connectivity index (χ0v) is 11.2. The minimum Gasteiger partial charge on any atom is -0.448 e. The van der Waals surface area contributed by atoms with Gasteiger partial charge in [0.2, 0.25) is 5.89 Å². The average Bonchev–Trinajstić information content (AvgIpc) is 2.61. The largest absolute Gasteiger partial charge is 0.448 e. The Morgan fingerprint density at radius 1 is 1.53 bits per heavy atom. The number of aliphatic hydroxyl groups excluding tert-OH is 1. The van der Waals surface area contributed by atoms with Crippen molar-refractivity contribution < 1.29 is 24.2 Å². The Morgan fingerprint density at radius 2 is 2.16 bits per heavy atom. The van der Waals surface area contributed by atoms with Gasteiger partial charge in [0.05, 0.1) is 5.92 Å². The van der Waals surface area contributed by atoms with E-state index in [2.05, 4.69) is 4.98 Å². The first-order valence-electron chi connectivity index (χ1n) is 6.05. The molecule has 1 fully saturated rings. The van der Waals surface area contributed by atoms with Crippen LogP contribution in [0.1, 0.15) is 44.6 Å². The molecular formula is C12H18N2O5. The number of hydrogen-bond acceptors (Lipinski definition) is 6. The Morgan fingerprint density at radius 3 is 2.63 bits per heavy atom. The summed E-state index contributed by atoms with van der Waals surface area (Å²) in [6.07, 6.45) is -0.798. The van der Waals surface area contributed by atoms with E-state index in [-0.39, 0.29) is 17.7 Å². The molecule has 2 rings (SSSR count). The van der Waals surface area contributed by atoms with Gasteiger partial charge in [-0.05, 0) is 20.8 Å². The normalized spacial score (nSPS) is 16.6. The Balaban J connectivity index is 1.87. The molecule has 1 amide bonds. The number of amides is 1. The molecule has 0 spiro atoms. The van der Waals surface area contributed by atoms with E-state index in [0.717, 1.165) is 0 Å². The highest BCUT2D eigenvalue weighted by atomic mass is 16.6. The Hall–Kier alpha value is -1.60. The second kappa shape index (κ2) is 4.82. The van der Waals surface area contributed by atoms with Gasteiger partial charge < -0.3 is 24.3 Å². The van der Waals surface area contributed by atoms with Gasteiger partial charge in [0.25, 0.3) is 0 Å². The number of nitrogens with zero attached hydrogens (tertiary/aromatic N) is 2. The molecule has 7 heteroatoms. The number of ether oxygens (including phenoxy) is 1. The van der Waals surface area contributed by atoms with Gasteiger partial charge in [-0.2, -0.15) is 0 Å². The molecular weight excluding hydrogens is 252 g/mol. The maximum atomic E-state index is 11.7. The standard InChI is InChI=1S/C12H18N2O5/c1-12(2,3)19-11(17)14-4-7(5-14)9-13-8(6-18-9)10(15)16/h6-7,10,15-16H,4-5H2,1-3H3. The van der Waals surface area contributed by atoms with Crippen molar-refractivity contribution in [2.75, 3.05) is 13.1 Å². The first-order valence-corrected chi connectivity index (χ1v) is 6.05. The zero-order valence-electron chi connectivity index (χ0n) is 11.2. The molecule has 106 valence electrons. The highest BCUT2D eigenvalue weighted by Gasteiger charge is 2.37. The first-order chi connectivity index (χ1) is 8.76. The Bertz CT molecular complexity index is 457. The van der Waals surface area contributed by atoms with Crippen LogP contribution in [0.2, 0.25) is 0 Å². The van der Waals surface area contributed by atoms with Crippen LogP contribution in [0.15, 0.2) is 10.7 Å². The molecule has 1 aromatic heterocycles. The van der Waals surface area contributed by atoms with E-state index in [1.54, 1.807) is 4.90 Å². The lowest BCUT2D eigenvalue weighted by atomic mass is 10.0. The van der Waals surface area contributed by atoms with Gasteiger partial charge >= 0.3 is 6.09 Å². The second-order valence-electron chi connectivity index (χ2n) is 5.57. The molecule has 0 radical (unpaired) electrons.